The third kappa shape index (κ3) is 11.8. The van der Waals surface area contributed by atoms with E-state index >= 15 is 0 Å². The highest BCUT2D eigenvalue weighted by Gasteiger charge is 2.35. The van der Waals surface area contributed by atoms with Crippen molar-refractivity contribution in [2.75, 3.05) is 13.2 Å². The van der Waals surface area contributed by atoms with Crippen molar-refractivity contribution in [1.82, 2.24) is 0 Å². The highest BCUT2D eigenvalue weighted by molar-refractivity contribution is 4.93. The molecule has 0 radical (unpaired) electrons. The molecule has 152 valence electrons. The van der Waals surface area contributed by atoms with Crippen LogP contribution in [0.2, 0.25) is 0 Å². The number of rotatable bonds is 8. The minimum atomic E-state index is -0.801. The molecule has 0 saturated heterocycles. The van der Waals surface area contributed by atoms with Crippen molar-refractivity contribution in [1.29, 1.82) is 0 Å². The molecule has 1 saturated carbocycles. The van der Waals surface area contributed by atoms with Crippen LogP contribution >= 0.6 is 0 Å². The van der Waals surface area contributed by atoms with Gasteiger partial charge >= 0.3 is 0 Å². The van der Waals surface area contributed by atoms with Crippen molar-refractivity contribution >= 4 is 0 Å². The van der Waals surface area contributed by atoms with Gasteiger partial charge in [-0.15, -0.1) is 0 Å². The Bertz CT molecular complexity index is 368. The van der Waals surface area contributed by atoms with Gasteiger partial charge in [-0.1, -0.05) is 68.2 Å². The summed E-state index contributed by atoms with van der Waals surface area (Å²) < 4.78 is 0. The fraction of sp³-hybridized carbons (Fsp3) is 0.818. The Morgan fingerprint density at radius 1 is 0.615 bits per heavy atom. The van der Waals surface area contributed by atoms with Crippen molar-refractivity contribution < 1.29 is 19.6 Å². The lowest BCUT2D eigenvalue weighted by Gasteiger charge is -2.31. The minimum absolute atomic E-state index is 0.432. The van der Waals surface area contributed by atoms with Crippen LogP contribution in [0.15, 0.2) is 23.3 Å². The molecule has 0 aromatic carbocycles. The van der Waals surface area contributed by atoms with Gasteiger partial charge < -0.3 is 0 Å². The average Bonchev–Trinajstić information content (AvgIpc) is 2.58. The van der Waals surface area contributed by atoms with Gasteiger partial charge in [0.25, 0.3) is 0 Å². The van der Waals surface area contributed by atoms with Gasteiger partial charge in [0, 0.05) is 12.8 Å². The smallest absolute Gasteiger partial charge is 0.229 e. The van der Waals surface area contributed by atoms with Crippen LogP contribution in [-0.2, 0) is 19.6 Å². The molecule has 1 rings (SSSR count). The van der Waals surface area contributed by atoms with Crippen LogP contribution in [-0.4, -0.2) is 19.0 Å². The maximum Gasteiger partial charge on any atom is 0.234 e. The first kappa shape index (κ1) is 23.4. The quantitative estimate of drug-likeness (QED) is 0.155. The molecule has 1 aliphatic rings. The van der Waals surface area contributed by atoms with E-state index < -0.39 is 5.79 Å². The van der Waals surface area contributed by atoms with Crippen molar-refractivity contribution in [2.45, 2.75) is 104 Å². The van der Waals surface area contributed by atoms with E-state index in [1.807, 2.05) is 39.8 Å². The maximum atomic E-state index is 5.82. The van der Waals surface area contributed by atoms with Crippen molar-refractivity contribution in [2.24, 2.45) is 0 Å². The van der Waals surface area contributed by atoms with E-state index in [1.165, 1.54) is 56.1 Å². The van der Waals surface area contributed by atoms with E-state index in [-0.39, 0.29) is 0 Å². The minimum Gasteiger partial charge on any atom is -0.229 e. The second kappa shape index (κ2) is 14.4. The maximum absolute atomic E-state index is 5.82. The van der Waals surface area contributed by atoms with Crippen LogP contribution in [0, 0.1) is 0 Å². The summed E-state index contributed by atoms with van der Waals surface area (Å²) in [4.78, 5) is 22.6. The Labute approximate surface area is 160 Å². The van der Waals surface area contributed by atoms with Crippen LogP contribution < -0.4 is 0 Å². The Morgan fingerprint density at radius 2 is 0.962 bits per heavy atom. The summed E-state index contributed by atoms with van der Waals surface area (Å²) in [7, 11) is 0. The van der Waals surface area contributed by atoms with Gasteiger partial charge in [0.1, 0.15) is 13.2 Å². The standard InChI is InChI=1S/C22H40O4/c1-20(2)14-18-23-25-22(26-24-19-15-21(3)4)16-12-10-8-6-5-7-9-11-13-17-22/h14-15H,5-13,16-19H2,1-4H3. The van der Waals surface area contributed by atoms with Gasteiger partial charge in [0.2, 0.25) is 5.79 Å². The predicted molar refractivity (Wildman–Crippen MR) is 106 cm³/mol. The molecule has 0 bridgehead atoms. The Morgan fingerprint density at radius 3 is 1.31 bits per heavy atom. The summed E-state index contributed by atoms with van der Waals surface area (Å²) in [6.45, 7) is 9.06. The SMILES string of the molecule is CC(C)=CCOOC1(OOCC=C(C)C)CCCCCCCCCCC1. The molecule has 1 aliphatic carbocycles. The summed E-state index contributed by atoms with van der Waals surface area (Å²) in [5, 5.41) is 0. The van der Waals surface area contributed by atoms with Gasteiger partial charge in [-0.05, 0) is 40.5 Å². The van der Waals surface area contributed by atoms with Gasteiger partial charge in [-0.3, -0.25) is 0 Å². The fourth-order valence-corrected chi connectivity index (χ4v) is 3.02. The Balaban J connectivity index is 2.67. The van der Waals surface area contributed by atoms with Gasteiger partial charge in [-0.2, -0.15) is 9.78 Å². The van der Waals surface area contributed by atoms with E-state index in [4.69, 9.17) is 19.6 Å². The summed E-state index contributed by atoms with van der Waals surface area (Å²) in [6.07, 6.45) is 16.8. The summed E-state index contributed by atoms with van der Waals surface area (Å²) in [5.74, 6) is -0.801. The van der Waals surface area contributed by atoms with E-state index in [2.05, 4.69) is 0 Å². The molecule has 0 amide bonds. The summed E-state index contributed by atoms with van der Waals surface area (Å²) in [6, 6.07) is 0. The van der Waals surface area contributed by atoms with Gasteiger partial charge in [0.05, 0.1) is 0 Å². The molecule has 0 heterocycles. The highest BCUT2D eigenvalue weighted by atomic mass is 17.3. The molecule has 4 heteroatoms. The van der Waals surface area contributed by atoms with Crippen molar-refractivity contribution in [3.8, 4) is 0 Å². The Hall–Kier alpha value is -0.680. The van der Waals surface area contributed by atoms with Crippen molar-refractivity contribution in [3.63, 3.8) is 0 Å². The Kier molecular flexibility index (Phi) is 12.9. The monoisotopic (exact) mass is 368 g/mol. The molecule has 0 aromatic rings. The van der Waals surface area contributed by atoms with E-state index in [9.17, 15) is 0 Å². The van der Waals surface area contributed by atoms with Crippen LogP contribution in [0.3, 0.4) is 0 Å². The first-order valence-electron chi connectivity index (χ1n) is 10.4. The molecule has 0 spiro atoms. The zero-order valence-electron chi connectivity index (χ0n) is 17.5. The zero-order chi connectivity index (χ0) is 19.1. The normalized spacial score (nSPS) is 19.1. The van der Waals surface area contributed by atoms with Gasteiger partial charge in [0.15, 0.2) is 0 Å². The fourth-order valence-electron chi connectivity index (χ4n) is 3.02. The van der Waals surface area contributed by atoms with Crippen molar-refractivity contribution in [3.05, 3.63) is 23.3 Å². The van der Waals surface area contributed by atoms with E-state index in [0.29, 0.717) is 13.2 Å². The topological polar surface area (TPSA) is 36.9 Å². The molecule has 0 N–H and O–H groups in total. The van der Waals surface area contributed by atoms with E-state index in [1.54, 1.807) is 0 Å². The predicted octanol–water partition coefficient (Wildman–Crippen LogP) is 6.82. The van der Waals surface area contributed by atoms with E-state index in [0.717, 1.165) is 25.7 Å². The third-order valence-corrected chi connectivity index (χ3v) is 4.66. The summed E-state index contributed by atoms with van der Waals surface area (Å²) in [5.41, 5.74) is 2.42. The lowest BCUT2D eigenvalue weighted by Crippen LogP contribution is -2.36. The molecule has 0 unspecified atom stereocenters. The molecule has 0 atom stereocenters. The van der Waals surface area contributed by atoms with Crippen LogP contribution in [0.25, 0.3) is 0 Å². The first-order chi connectivity index (χ1) is 12.5. The molecular weight excluding hydrogens is 328 g/mol. The number of allylic oxidation sites excluding steroid dienone is 2. The van der Waals surface area contributed by atoms with Crippen LogP contribution in [0.1, 0.15) is 98.3 Å². The summed E-state index contributed by atoms with van der Waals surface area (Å²) >= 11 is 0. The lowest BCUT2D eigenvalue weighted by atomic mass is 9.97. The van der Waals surface area contributed by atoms with Gasteiger partial charge in [-0.25, -0.2) is 9.78 Å². The second-order valence-electron chi connectivity index (χ2n) is 7.89. The van der Waals surface area contributed by atoms with Crippen LogP contribution in [0.5, 0.6) is 0 Å². The second-order valence-corrected chi connectivity index (χ2v) is 7.89. The molecular formula is C22H40O4. The molecule has 26 heavy (non-hydrogen) atoms. The molecule has 0 aliphatic heterocycles. The largest absolute Gasteiger partial charge is 0.234 e. The average molecular weight is 369 g/mol. The number of hydrogen-bond donors (Lipinski definition) is 0. The molecule has 1 fully saturated rings. The highest BCUT2D eigenvalue weighted by Crippen LogP contribution is 2.30. The number of hydrogen-bond acceptors (Lipinski definition) is 4. The lowest BCUT2D eigenvalue weighted by molar-refractivity contribution is -0.510. The molecule has 0 aromatic heterocycles. The first-order valence-corrected chi connectivity index (χ1v) is 10.4. The third-order valence-electron chi connectivity index (χ3n) is 4.66. The van der Waals surface area contributed by atoms with Crippen LogP contribution in [0.4, 0.5) is 0 Å². The zero-order valence-corrected chi connectivity index (χ0v) is 17.5. The molecule has 4 nitrogen and oxygen atoms in total.